The van der Waals surface area contributed by atoms with Gasteiger partial charge in [-0.15, -0.1) is 0 Å². The summed E-state index contributed by atoms with van der Waals surface area (Å²) in [4.78, 5) is 31.7. The van der Waals surface area contributed by atoms with E-state index in [0.29, 0.717) is 12.8 Å². The predicted octanol–water partition coefficient (Wildman–Crippen LogP) is 1.85. The van der Waals surface area contributed by atoms with Crippen LogP contribution in [0, 0.1) is 16.0 Å². The molecule has 1 aromatic carbocycles. The second-order valence-electron chi connectivity index (χ2n) is 6.91. The van der Waals surface area contributed by atoms with Gasteiger partial charge in [0.05, 0.1) is 27.2 Å². The first kappa shape index (κ1) is 22.2. The van der Waals surface area contributed by atoms with Crippen molar-refractivity contribution in [1.82, 2.24) is 9.97 Å². The van der Waals surface area contributed by atoms with E-state index < -0.39 is 32.3 Å². The van der Waals surface area contributed by atoms with E-state index in [0.717, 1.165) is 6.33 Å². The average Bonchev–Trinajstić information content (AvgIpc) is 2.74. The highest BCUT2D eigenvalue weighted by molar-refractivity contribution is 7.91. The summed E-state index contributed by atoms with van der Waals surface area (Å²) in [5.41, 5.74) is 5.40. The molecule has 1 aromatic heterocycles. The second kappa shape index (κ2) is 8.71. The smallest absolute Gasteiger partial charge is 0.373 e. The lowest BCUT2D eigenvalue weighted by atomic mass is 9.97. The van der Waals surface area contributed by atoms with Crippen LogP contribution in [0.3, 0.4) is 0 Å². The lowest BCUT2D eigenvalue weighted by Crippen LogP contribution is -2.37. The monoisotopic (exact) mass is 451 g/mol. The zero-order chi connectivity index (χ0) is 22.8. The molecule has 2 heterocycles. The van der Waals surface area contributed by atoms with Crippen molar-refractivity contribution in [2.24, 2.45) is 5.92 Å². The number of rotatable bonds is 7. The molecule has 166 valence electrons. The number of sulfone groups is 1. The molecule has 0 bridgehead atoms. The standard InChI is InChI=1S/C18H21N5O7S/c1-2-31(28,29)12-3-4-14(13(19)9-12)30-17-15(23(26)27)16(20-10-21-17)22-7-5-11(6-8-22)18(24)25/h3-4,9-11H,2,5-8,19H2,1H3,(H,24,25). The largest absolute Gasteiger partial charge is 0.481 e. The van der Waals surface area contributed by atoms with Gasteiger partial charge in [0.2, 0.25) is 5.82 Å². The van der Waals surface area contributed by atoms with Crippen LogP contribution in [0.1, 0.15) is 19.8 Å². The minimum atomic E-state index is -3.48. The third-order valence-electron chi connectivity index (χ3n) is 5.02. The molecule has 1 aliphatic heterocycles. The molecule has 12 nitrogen and oxygen atoms in total. The summed E-state index contributed by atoms with van der Waals surface area (Å²) in [6.07, 6.45) is 1.76. The minimum absolute atomic E-state index is 0.00684. The third kappa shape index (κ3) is 4.66. The van der Waals surface area contributed by atoms with E-state index in [1.165, 1.54) is 25.1 Å². The van der Waals surface area contributed by atoms with Crippen molar-refractivity contribution in [2.75, 3.05) is 29.5 Å². The van der Waals surface area contributed by atoms with Crippen molar-refractivity contribution in [2.45, 2.75) is 24.7 Å². The number of piperidine rings is 1. The SMILES string of the molecule is CCS(=O)(=O)c1ccc(Oc2ncnc(N3CCC(C(=O)O)CC3)c2[N+](=O)[O-])c(N)c1. The first-order valence-corrected chi connectivity index (χ1v) is 11.1. The molecule has 1 aliphatic rings. The molecule has 0 aliphatic carbocycles. The van der Waals surface area contributed by atoms with Crippen LogP contribution >= 0.6 is 0 Å². The molecule has 2 aromatic rings. The number of nitrogens with two attached hydrogens (primary N) is 1. The number of carboxylic acids is 1. The molecular weight excluding hydrogens is 430 g/mol. The Morgan fingerprint density at radius 3 is 2.58 bits per heavy atom. The normalized spacial score (nSPS) is 14.9. The number of benzene rings is 1. The summed E-state index contributed by atoms with van der Waals surface area (Å²) in [5, 5.41) is 20.9. The van der Waals surface area contributed by atoms with Gasteiger partial charge in [-0.25, -0.2) is 13.4 Å². The molecule has 0 saturated carbocycles. The molecule has 1 saturated heterocycles. The van der Waals surface area contributed by atoms with Gasteiger partial charge in [0.15, 0.2) is 15.6 Å². The number of hydrogen-bond acceptors (Lipinski definition) is 10. The topological polar surface area (TPSA) is 179 Å². The maximum atomic E-state index is 12.0. The fourth-order valence-corrected chi connectivity index (χ4v) is 4.16. The fourth-order valence-electron chi connectivity index (χ4n) is 3.24. The number of nitrogens with zero attached hydrogens (tertiary/aromatic N) is 4. The Labute approximate surface area is 177 Å². The number of carbonyl (C=O) groups is 1. The number of anilines is 2. The van der Waals surface area contributed by atoms with E-state index in [-0.39, 0.29) is 46.9 Å². The minimum Gasteiger partial charge on any atom is -0.481 e. The fraction of sp³-hybridized carbons (Fsp3) is 0.389. The van der Waals surface area contributed by atoms with Gasteiger partial charge in [0.1, 0.15) is 6.33 Å². The van der Waals surface area contributed by atoms with E-state index in [1.807, 2.05) is 0 Å². The Bertz CT molecular complexity index is 1110. The van der Waals surface area contributed by atoms with Gasteiger partial charge in [-0.05, 0) is 31.0 Å². The van der Waals surface area contributed by atoms with E-state index >= 15 is 0 Å². The maximum Gasteiger partial charge on any atom is 0.373 e. The number of nitrogen functional groups attached to an aromatic ring is 1. The van der Waals surface area contributed by atoms with E-state index in [9.17, 15) is 23.3 Å². The predicted molar refractivity (Wildman–Crippen MR) is 110 cm³/mol. The first-order valence-electron chi connectivity index (χ1n) is 9.41. The molecule has 0 unspecified atom stereocenters. The Morgan fingerprint density at radius 2 is 2.03 bits per heavy atom. The van der Waals surface area contributed by atoms with Crippen molar-refractivity contribution in [3.8, 4) is 11.6 Å². The lowest BCUT2D eigenvalue weighted by molar-refractivity contribution is -0.385. The molecule has 0 amide bonds. The zero-order valence-corrected chi connectivity index (χ0v) is 17.4. The van der Waals surface area contributed by atoms with Crippen LogP contribution in [-0.2, 0) is 14.6 Å². The van der Waals surface area contributed by atoms with Gasteiger partial charge in [0, 0.05) is 13.1 Å². The number of nitro groups is 1. The number of aromatic nitrogens is 2. The van der Waals surface area contributed by atoms with Crippen molar-refractivity contribution >= 4 is 33.0 Å². The highest BCUT2D eigenvalue weighted by Crippen LogP contribution is 2.39. The number of hydrogen-bond donors (Lipinski definition) is 2. The summed E-state index contributed by atoms with van der Waals surface area (Å²) in [5.74, 6) is -1.84. The van der Waals surface area contributed by atoms with Crippen LogP contribution in [0.25, 0.3) is 0 Å². The van der Waals surface area contributed by atoms with E-state index in [4.69, 9.17) is 15.6 Å². The Balaban J connectivity index is 1.92. The molecule has 0 radical (unpaired) electrons. The van der Waals surface area contributed by atoms with Crippen LogP contribution in [0.15, 0.2) is 29.4 Å². The first-order chi connectivity index (χ1) is 14.6. The van der Waals surface area contributed by atoms with Crippen LogP contribution in [0.5, 0.6) is 11.6 Å². The highest BCUT2D eigenvalue weighted by Gasteiger charge is 2.33. The van der Waals surface area contributed by atoms with Gasteiger partial charge in [-0.1, -0.05) is 6.92 Å². The van der Waals surface area contributed by atoms with Crippen molar-refractivity contribution in [3.63, 3.8) is 0 Å². The number of ether oxygens (including phenoxy) is 1. The zero-order valence-electron chi connectivity index (χ0n) is 16.6. The van der Waals surface area contributed by atoms with Gasteiger partial charge in [0.25, 0.3) is 0 Å². The van der Waals surface area contributed by atoms with Crippen LogP contribution in [0.2, 0.25) is 0 Å². The Morgan fingerprint density at radius 1 is 1.35 bits per heavy atom. The molecular formula is C18H21N5O7S. The lowest BCUT2D eigenvalue weighted by Gasteiger charge is -2.30. The summed E-state index contributed by atoms with van der Waals surface area (Å²) in [6.45, 7) is 2.06. The Hall–Kier alpha value is -3.48. The van der Waals surface area contributed by atoms with Gasteiger partial charge in [-0.3, -0.25) is 14.9 Å². The van der Waals surface area contributed by atoms with Crippen LogP contribution < -0.4 is 15.4 Å². The Kier molecular flexibility index (Phi) is 6.24. The van der Waals surface area contributed by atoms with Crippen LogP contribution in [0.4, 0.5) is 17.2 Å². The van der Waals surface area contributed by atoms with Gasteiger partial charge < -0.3 is 20.5 Å². The van der Waals surface area contributed by atoms with Gasteiger partial charge >= 0.3 is 17.5 Å². The molecule has 1 fully saturated rings. The number of carboxylic acid groups (broad SMARTS) is 1. The van der Waals surface area contributed by atoms with Crippen molar-refractivity contribution in [1.29, 1.82) is 0 Å². The van der Waals surface area contributed by atoms with Crippen LogP contribution in [-0.4, -0.2) is 53.2 Å². The van der Waals surface area contributed by atoms with Crippen molar-refractivity contribution < 1.29 is 28.0 Å². The maximum absolute atomic E-state index is 12.0. The molecule has 3 N–H and O–H groups in total. The number of aliphatic carboxylic acids is 1. The third-order valence-corrected chi connectivity index (χ3v) is 6.75. The quantitative estimate of drug-likeness (QED) is 0.356. The summed E-state index contributed by atoms with van der Waals surface area (Å²) in [7, 11) is -3.48. The van der Waals surface area contributed by atoms with E-state index in [1.54, 1.807) is 4.90 Å². The molecule has 0 atom stereocenters. The molecule has 3 rings (SSSR count). The summed E-state index contributed by atoms with van der Waals surface area (Å²) in [6, 6.07) is 3.83. The van der Waals surface area contributed by atoms with E-state index in [2.05, 4.69) is 9.97 Å². The summed E-state index contributed by atoms with van der Waals surface area (Å²) < 4.78 is 29.6. The second-order valence-corrected chi connectivity index (χ2v) is 9.19. The highest BCUT2D eigenvalue weighted by atomic mass is 32.2. The molecule has 31 heavy (non-hydrogen) atoms. The molecule has 13 heteroatoms. The van der Waals surface area contributed by atoms with Crippen molar-refractivity contribution in [3.05, 3.63) is 34.6 Å². The van der Waals surface area contributed by atoms with Gasteiger partial charge in [-0.2, -0.15) is 4.98 Å². The molecule has 0 spiro atoms. The summed E-state index contributed by atoms with van der Waals surface area (Å²) >= 11 is 0. The average molecular weight is 451 g/mol.